The van der Waals surface area contributed by atoms with Gasteiger partial charge in [0.05, 0.1) is 12.7 Å². The zero-order valence-electron chi connectivity index (χ0n) is 40.4. The number of esters is 2. The van der Waals surface area contributed by atoms with Crippen LogP contribution in [-0.4, -0.2) is 114 Å². The number of ether oxygens (including phenoxy) is 2. The number of carbonyl (C=O) groups is 2. The van der Waals surface area contributed by atoms with Crippen LogP contribution in [-0.2, 0) is 41.8 Å². The summed E-state index contributed by atoms with van der Waals surface area (Å²) in [5, 5.41) is 50.8. The molecule has 1 aliphatic rings. The van der Waals surface area contributed by atoms with Crippen LogP contribution in [0.4, 0.5) is 0 Å². The molecule has 392 valence electrons. The number of hydrogen-bond acceptors (Lipinski definition) is 14. The minimum Gasteiger partial charge on any atom is -0.462 e. The van der Waals surface area contributed by atoms with Gasteiger partial charge in [-0.1, -0.05) is 151 Å². The van der Waals surface area contributed by atoms with Crippen molar-refractivity contribution in [2.75, 3.05) is 13.2 Å². The van der Waals surface area contributed by atoms with Gasteiger partial charge in [-0.05, 0) is 70.6 Å². The highest BCUT2D eigenvalue weighted by Gasteiger charge is 2.54. The second kappa shape index (κ2) is 39.1. The van der Waals surface area contributed by atoms with Crippen molar-refractivity contribution in [1.29, 1.82) is 0 Å². The van der Waals surface area contributed by atoms with Gasteiger partial charge in [0, 0.05) is 12.8 Å². The maximum atomic E-state index is 13.0. The molecule has 0 heterocycles. The van der Waals surface area contributed by atoms with Crippen LogP contribution in [0.25, 0.3) is 0 Å². The van der Waals surface area contributed by atoms with E-state index in [0.717, 1.165) is 64.2 Å². The van der Waals surface area contributed by atoms with Crippen molar-refractivity contribution in [3.8, 4) is 0 Å². The smallest absolute Gasteiger partial charge is 0.462 e. The summed E-state index contributed by atoms with van der Waals surface area (Å²) in [6.07, 6.45) is 29.5. The highest BCUT2D eigenvalue weighted by molar-refractivity contribution is 7.47. The number of phosphoric acid groups is 2. The molecule has 0 amide bonds. The Morgan fingerprint density at radius 1 is 0.544 bits per heavy atom. The Kier molecular flexibility index (Phi) is 36.4. The van der Waals surface area contributed by atoms with Crippen LogP contribution < -0.4 is 0 Å². The van der Waals surface area contributed by atoms with Crippen molar-refractivity contribution < 1.29 is 82.0 Å². The number of aliphatic hydroxyl groups is 5. The first-order valence-corrected chi connectivity index (χ1v) is 27.6. The third-order valence-electron chi connectivity index (χ3n) is 10.9. The van der Waals surface area contributed by atoms with Crippen LogP contribution in [0.2, 0.25) is 0 Å². The van der Waals surface area contributed by atoms with Gasteiger partial charge in [0.25, 0.3) is 0 Å². The second-order valence-electron chi connectivity index (χ2n) is 17.0. The third-order valence-corrected chi connectivity index (χ3v) is 12.4. The van der Waals surface area contributed by atoms with Gasteiger partial charge >= 0.3 is 27.6 Å². The molecule has 9 atom stereocenters. The molecule has 0 spiro atoms. The van der Waals surface area contributed by atoms with Crippen LogP contribution in [0, 0.1) is 0 Å². The number of allylic oxidation sites excluding steroid dienone is 11. The Hall–Kier alpha value is -2.60. The molecule has 1 fully saturated rings. The third kappa shape index (κ3) is 33.1. The molecule has 68 heavy (non-hydrogen) atoms. The first-order valence-electron chi connectivity index (χ1n) is 24.6. The molecule has 0 aliphatic heterocycles. The molecular weight excluding hydrogens is 922 g/mol. The van der Waals surface area contributed by atoms with Crippen molar-refractivity contribution >= 4 is 27.6 Å². The SMILES string of the molecule is CCCCCCCC/C=C\CCCCCCCCCC(=O)OC[C@H](COP(=O)(O)O[C@H]1C(O)C(O)C(O)[C@@H](OP(=O)(O)O)C1O)OC(=O)CCC/C=C\C/C=C\C/C=C\C/C=C\C=C\[C@H](O)CC. The van der Waals surface area contributed by atoms with Gasteiger partial charge in [-0.3, -0.25) is 23.2 Å². The lowest BCUT2D eigenvalue weighted by atomic mass is 9.85. The van der Waals surface area contributed by atoms with Gasteiger partial charge in [-0.25, -0.2) is 9.13 Å². The summed E-state index contributed by atoms with van der Waals surface area (Å²) in [5.74, 6) is -1.30. The Balaban J connectivity index is 2.62. The number of rotatable bonds is 40. The van der Waals surface area contributed by atoms with E-state index in [-0.39, 0.29) is 12.8 Å². The van der Waals surface area contributed by atoms with Crippen LogP contribution in [0.5, 0.6) is 0 Å². The summed E-state index contributed by atoms with van der Waals surface area (Å²) in [4.78, 5) is 54.3. The van der Waals surface area contributed by atoms with Crippen molar-refractivity contribution in [3.63, 3.8) is 0 Å². The maximum absolute atomic E-state index is 13.0. The van der Waals surface area contributed by atoms with Crippen molar-refractivity contribution in [2.45, 2.75) is 210 Å². The van der Waals surface area contributed by atoms with Crippen LogP contribution in [0.3, 0.4) is 0 Å². The summed E-state index contributed by atoms with van der Waals surface area (Å²) >= 11 is 0. The monoisotopic (exact) mass is 1010 g/mol. The van der Waals surface area contributed by atoms with Crippen LogP contribution >= 0.6 is 15.6 Å². The predicted molar refractivity (Wildman–Crippen MR) is 261 cm³/mol. The molecule has 0 saturated heterocycles. The van der Waals surface area contributed by atoms with Crippen molar-refractivity contribution in [2.24, 2.45) is 0 Å². The minimum atomic E-state index is -5.38. The zero-order valence-corrected chi connectivity index (χ0v) is 42.2. The maximum Gasteiger partial charge on any atom is 0.472 e. The summed E-state index contributed by atoms with van der Waals surface area (Å²) in [7, 11) is -10.7. The van der Waals surface area contributed by atoms with E-state index < -0.39 is 89.6 Å². The quantitative estimate of drug-likeness (QED) is 0.00938. The van der Waals surface area contributed by atoms with Gasteiger partial charge in [0.15, 0.2) is 6.10 Å². The molecule has 0 bridgehead atoms. The van der Waals surface area contributed by atoms with E-state index in [1.54, 1.807) is 6.08 Å². The fourth-order valence-corrected chi connectivity index (χ4v) is 8.49. The van der Waals surface area contributed by atoms with E-state index in [2.05, 4.69) is 35.8 Å². The highest BCUT2D eigenvalue weighted by Crippen LogP contribution is 2.49. The number of carbonyl (C=O) groups excluding carboxylic acids is 2. The van der Waals surface area contributed by atoms with E-state index in [4.69, 9.17) is 18.5 Å². The molecule has 0 aromatic rings. The fourth-order valence-electron chi connectivity index (χ4n) is 6.95. The van der Waals surface area contributed by atoms with Gasteiger partial charge in [-0.15, -0.1) is 0 Å². The Morgan fingerprint density at radius 2 is 1.03 bits per heavy atom. The highest BCUT2D eigenvalue weighted by atomic mass is 31.2. The molecule has 5 unspecified atom stereocenters. The molecule has 0 aromatic carbocycles. The summed E-state index contributed by atoms with van der Waals surface area (Å²) in [6, 6.07) is 0. The molecule has 1 aliphatic carbocycles. The van der Waals surface area contributed by atoms with Crippen LogP contribution in [0.1, 0.15) is 162 Å². The average Bonchev–Trinajstić information content (AvgIpc) is 3.29. The fraction of sp³-hybridized carbons (Fsp3) is 0.714. The van der Waals surface area contributed by atoms with E-state index in [1.165, 1.54) is 38.5 Å². The lowest BCUT2D eigenvalue weighted by Crippen LogP contribution is -2.64. The lowest BCUT2D eigenvalue weighted by Gasteiger charge is -2.43. The normalized spacial score (nSPS) is 22.3. The number of hydrogen-bond donors (Lipinski definition) is 8. The first-order chi connectivity index (χ1) is 32.5. The number of phosphoric ester groups is 2. The molecular formula is C49H84O17P2. The zero-order chi connectivity index (χ0) is 50.5. The van der Waals surface area contributed by atoms with E-state index in [0.29, 0.717) is 32.1 Å². The molecule has 8 N–H and O–H groups in total. The molecule has 1 rings (SSSR count). The van der Waals surface area contributed by atoms with Gasteiger partial charge < -0.3 is 49.7 Å². The topological polar surface area (TPSA) is 276 Å². The summed E-state index contributed by atoms with van der Waals surface area (Å²) in [5.41, 5.74) is 0. The summed E-state index contributed by atoms with van der Waals surface area (Å²) < 4.78 is 49.3. The average molecular weight is 1010 g/mol. The minimum absolute atomic E-state index is 0.0519. The number of aliphatic hydroxyl groups excluding tert-OH is 5. The molecule has 0 aromatic heterocycles. The standard InChI is InChI=1S/C49H84O17P2/c1-3-5-6-7-8-9-10-11-12-13-14-18-21-24-27-30-33-36-42(51)62-38-41(39-63-68(60,61)66-49-46(55)44(53)45(54)48(47(49)56)65-67(57,58)59)64-43(52)37-34-31-28-25-22-19-16-15-17-20-23-26-29-32-35-40(50)4-2/h11-12,16-17,19-20,25-26,28-29,32,35,40-41,44-50,53-56H,3-10,13-15,18,21-24,27,30-31,33-34,36-39H2,1-2H3,(H,60,61)(H2,57,58,59)/b12-11-,19-16-,20-17-,28-25-,29-26-,35-32+/t40-,41-,44?,45?,46?,47?,48-,49+/m1/s1. The Bertz CT molecular complexity index is 1610. The van der Waals surface area contributed by atoms with E-state index in [1.807, 2.05) is 49.5 Å². The Labute approximate surface area is 404 Å². The molecule has 17 nitrogen and oxygen atoms in total. The van der Waals surface area contributed by atoms with Gasteiger partial charge in [0.1, 0.15) is 43.2 Å². The second-order valence-corrected chi connectivity index (χ2v) is 19.6. The summed E-state index contributed by atoms with van der Waals surface area (Å²) in [6.45, 7) is 2.73. The van der Waals surface area contributed by atoms with Crippen molar-refractivity contribution in [3.05, 3.63) is 72.9 Å². The molecule has 19 heteroatoms. The largest absolute Gasteiger partial charge is 0.472 e. The van der Waals surface area contributed by atoms with Crippen LogP contribution in [0.15, 0.2) is 72.9 Å². The van der Waals surface area contributed by atoms with Gasteiger partial charge in [0.2, 0.25) is 0 Å². The lowest BCUT2D eigenvalue weighted by molar-refractivity contribution is -0.216. The predicted octanol–water partition coefficient (Wildman–Crippen LogP) is 8.59. The van der Waals surface area contributed by atoms with Crippen molar-refractivity contribution in [1.82, 2.24) is 0 Å². The van der Waals surface area contributed by atoms with Gasteiger partial charge in [-0.2, -0.15) is 0 Å². The molecule has 0 radical (unpaired) electrons. The molecule has 1 saturated carbocycles. The van der Waals surface area contributed by atoms with E-state index >= 15 is 0 Å². The Morgan fingerprint density at radius 3 is 1.60 bits per heavy atom. The van der Waals surface area contributed by atoms with E-state index in [9.17, 15) is 58.9 Å². The first kappa shape index (κ1) is 63.4. The number of unbranched alkanes of at least 4 members (excludes halogenated alkanes) is 14.